The zero-order chi connectivity index (χ0) is 93.3. The lowest BCUT2D eigenvalue weighted by molar-refractivity contribution is 0.589. The highest BCUT2D eigenvalue weighted by atomic mass is 79.9. The Balaban J connectivity index is 0.000000179. The van der Waals surface area contributed by atoms with Gasteiger partial charge in [-0.05, 0) is 253 Å². The van der Waals surface area contributed by atoms with Crippen molar-refractivity contribution in [2.45, 2.75) is 235 Å². The van der Waals surface area contributed by atoms with Crippen molar-refractivity contribution in [1.82, 2.24) is 0 Å². The van der Waals surface area contributed by atoms with Gasteiger partial charge in [-0.15, -0.1) is 0 Å². The normalized spacial score (nSPS) is 12.1. The molecule has 8 heteroatoms. The van der Waals surface area contributed by atoms with Gasteiger partial charge in [0.2, 0.25) is 0 Å². The quantitative estimate of drug-likeness (QED) is 0.0846. The van der Waals surface area contributed by atoms with Crippen LogP contribution in [0.5, 0.6) is 0 Å². The smallest absolute Gasteiger partial charge is 0.0524 e. The Labute approximate surface area is 814 Å². The minimum atomic E-state index is -0.758. The molecule has 0 amide bonds. The molecule has 0 spiro atoms. The Kier molecular flexibility index (Phi) is 36.0. The van der Waals surface area contributed by atoms with Gasteiger partial charge >= 0.3 is 0 Å². The molecule has 0 N–H and O–H groups in total. The first-order chi connectivity index (χ1) is 60.1. The number of rotatable bonds is 16. The van der Waals surface area contributed by atoms with Gasteiger partial charge in [0.25, 0.3) is 0 Å². The molecule has 14 aromatic carbocycles. The maximum absolute atomic E-state index is 6.40. The highest BCUT2D eigenvalue weighted by Gasteiger charge is 2.29. The van der Waals surface area contributed by atoms with Gasteiger partial charge in [-0.25, -0.2) is 0 Å². The molecule has 0 atom stereocenters. The van der Waals surface area contributed by atoms with Gasteiger partial charge in [-0.2, -0.15) is 0 Å². The van der Waals surface area contributed by atoms with E-state index < -0.39 is 23.1 Å². The third-order valence-corrected chi connectivity index (χ3v) is 34.0. The molecule has 0 bridgehead atoms. The Morgan fingerprint density at radius 2 is 0.359 bits per heavy atom. The van der Waals surface area contributed by atoms with Crippen molar-refractivity contribution in [2.75, 3.05) is 0 Å². The van der Waals surface area contributed by atoms with Gasteiger partial charge in [0, 0.05) is 17.9 Å². The lowest BCUT2D eigenvalue weighted by atomic mass is 9.85. The lowest BCUT2D eigenvalue weighted by Crippen LogP contribution is -2.28. The first-order valence-corrected chi connectivity index (χ1v) is 53.2. The van der Waals surface area contributed by atoms with Crippen molar-refractivity contribution in [3.05, 3.63) is 447 Å². The summed E-state index contributed by atoms with van der Waals surface area (Å²) in [5.41, 5.74) is 23.1. The topological polar surface area (TPSA) is 0 Å². The maximum atomic E-state index is 6.40. The van der Waals surface area contributed by atoms with Crippen LogP contribution < -0.4 is 42.4 Å². The summed E-state index contributed by atoms with van der Waals surface area (Å²) in [7, 11) is -2.22. The summed E-state index contributed by atoms with van der Waals surface area (Å²) in [5, 5.41) is 10.9. The van der Waals surface area contributed by atoms with Crippen LogP contribution >= 0.6 is 98.1 Å². The summed E-state index contributed by atoms with van der Waals surface area (Å²) >= 11 is 21.4. The van der Waals surface area contributed by atoms with E-state index in [1.54, 1.807) is 0 Å². The van der Waals surface area contributed by atoms with Gasteiger partial charge in [-0.1, -0.05) is 544 Å². The molecule has 0 fully saturated rings. The van der Waals surface area contributed by atoms with Crippen LogP contribution in [0.2, 0.25) is 0 Å². The average molecular weight is 2030 g/mol. The zero-order valence-electron chi connectivity index (χ0n) is 80.4. The maximum Gasteiger partial charge on any atom is 0.0524 e. The van der Waals surface area contributed by atoms with Crippen LogP contribution in [0.3, 0.4) is 0 Å². The van der Waals surface area contributed by atoms with Gasteiger partial charge in [0.15, 0.2) is 0 Å². The summed E-state index contributed by atoms with van der Waals surface area (Å²) in [6.07, 6.45) is 3.75. The number of hydrogen-bond donors (Lipinski definition) is 0. The molecule has 0 aliphatic heterocycles. The van der Waals surface area contributed by atoms with E-state index in [0.29, 0.717) is 0 Å². The van der Waals surface area contributed by atoms with Crippen molar-refractivity contribution in [3.63, 3.8) is 0 Å². The van der Waals surface area contributed by atoms with Crippen LogP contribution in [0.4, 0.5) is 0 Å². The summed E-state index contributed by atoms with van der Waals surface area (Å²) in [4.78, 5) is 0. The van der Waals surface area contributed by atoms with E-state index >= 15 is 0 Å². The Bertz CT molecular complexity index is 5290. The van der Waals surface area contributed by atoms with Crippen molar-refractivity contribution < 1.29 is 0 Å². The lowest BCUT2D eigenvalue weighted by Gasteiger charge is -2.29. The molecule has 666 valence electrons. The summed E-state index contributed by atoms with van der Waals surface area (Å²) < 4.78 is 4.77. The van der Waals surface area contributed by atoms with E-state index in [1.165, 1.54) is 149 Å². The minimum absolute atomic E-state index is 0.0517. The van der Waals surface area contributed by atoms with Crippen molar-refractivity contribution in [2.24, 2.45) is 0 Å². The Morgan fingerprint density at radius 1 is 0.188 bits per heavy atom. The molecule has 0 heterocycles. The third-order valence-electron chi connectivity index (χ3n) is 23.3. The fourth-order valence-electron chi connectivity index (χ4n) is 14.9. The monoisotopic (exact) mass is 2020 g/mol. The van der Waals surface area contributed by atoms with E-state index in [4.69, 9.17) is 11.2 Å². The van der Waals surface area contributed by atoms with Crippen LogP contribution in [-0.4, -0.2) is 0 Å². The molecule has 0 aliphatic rings. The van der Waals surface area contributed by atoms with Gasteiger partial charge in [0.1, 0.15) is 0 Å². The molecule has 0 radical (unpaired) electrons. The number of halogens is 5. The van der Waals surface area contributed by atoms with E-state index in [9.17, 15) is 0 Å². The Morgan fingerprint density at radius 3 is 0.555 bits per heavy atom. The summed E-state index contributed by atoms with van der Waals surface area (Å²) in [6, 6.07) is 125. The van der Waals surface area contributed by atoms with Gasteiger partial charge < -0.3 is 0 Å². The number of benzene rings is 14. The second-order valence-corrected chi connectivity index (χ2v) is 52.4. The second-order valence-electron chi connectivity index (χ2n) is 42.0. The van der Waals surface area contributed by atoms with Gasteiger partial charge in [-0.3, -0.25) is 0 Å². The largest absolute Gasteiger partial charge is 0.0859 e. The first kappa shape index (κ1) is 103. The van der Waals surface area contributed by atoms with Crippen LogP contribution in [0.1, 0.15) is 255 Å². The molecular formula is C120H136Br4ClP3. The predicted molar refractivity (Wildman–Crippen MR) is 585 cm³/mol. The molecule has 0 unspecified atom stereocenters. The average Bonchev–Trinajstić information content (AvgIpc) is 0.765. The third kappa shape index (κ3) is 29.8. The van der Waals surface area contributed by atoms with Crippen LogP contribution in [0.25, 0.3) is 0 Å². The van der Waals surface area contributed by atoms with Crippen molar-refractivity contribution in [1.29, 1.82) is 0 Å². The summed E-state index contributed by atoms with van der Waals surface area (Å²) in [5.74, 6) is 0. The molecule has 128 heavy (non-hydrogen) atoms. The summed E-state index contributed by atoms with van der Waals surface area (Å²) in [6.45, 7) is 54.5. The molecule has 0 aliphatic carbocycles. The first-order valence-electron chi connectivity index (χ1n) is 45.1. The molecule has 14 aromatic rings. The van der Waals surface area contributed by atoms with Crippen LogP contribution in [-0.2, 0) is 69.0 Å². The van der Waals surface area contributed by atoms with Crippen molar-refractivity contribution >= 4 is 141 Å². The fourth-order valence-corrected chi connectivity index (χ4v) is 23.9. The predicted octanol–water partition coefficient (Wildman–Crippen LogP) is 33.3. The standard InChI is InChI=1S/C45H46P2.2C21H26Br2.C21H28.C12H10ClP/c1-44(2,3)36-29-27-34(42(32-36)46(38-19-11-7-12-20-38)39-21-13-8-14-22-39)31-35-28-30-37(45(4,5)6)33-43(35)47(40-23-15-9-16-24-40)41-25-17-10-18-26-41;2*1-20(2,3)16-9-7-14(18(22)12-16)11-15-8-10-17(13-19(15)23)21(4,5)6;1-20(2,3)18-11-7-16(8-12-18)15-17-9-13-19(14-10-17)21(4,5)6;13-14(11-7-3-1-4-8-11)12-9-5-2-6-10-12/h7-30,32-33H,31H2,1-6H3;2*7-10,12-13H,11H2,1-6H3;7-14H,15H2,1-6H3;1-10H. The van der Waals surface area contributed by atoms with E-state index in [0.717, 1.165) is 25.7 Å². The molecule has 0 saturated carbocycles. The zero-order valence-corrected chi connectivity index (χ0v) is 90.2. The highest BCUT2D eigenvalue weighted by Crippen LogP contribution is 2.43. The number of hydrogen-bond acceptors (Lipinski definition) is 0. The molecule has 14 rings (SSSR count). The van der Waals surface area contributed by atoms with E-state index in [-0.39, 0.29) is 43.3 Å². The van der Waals surface area contributed by atoms with Crippen LogP contribution in [0, 0.1) is 0 Å². The van der Waals surface area contributed by atoms with Crippen molar-refractivity contribution in [3.8, 4) is 0 Å². The minimum Gasteiger partial charge on any atom is -0.0859 e. The molecule has 0 aromatic heterocycles. The van der Waals surface area contributed by atoms with Gasteiger partial charge in [0.05, 0.1) is 7.27 Å². The highest BCUT2D eigenvalue weighted by molar-refractivity contribution is 9.11. The fraction of sp³-hybridized carbons (Fsp3) is 0.300. The molecular weight excluding hydrogens is 1890 g/mol. The molecule has 0 saturated heterocycles. The molecule has 0 nitrogen and oxygen atoms in total. The Hall–Kier alpha value is -7.42. The van der Waals surface area contributed by atoms with E-state index in [1.807, 2.05) is 36.4 Å². The van der Waals surface area contributed by atoms with E-state index in [2.05, 4.69) is 533 Å². The van der Waals surface area contributed by atoms with Crippen LogP contribution in [0.15, 0.2) is 358 Å². The second kappa shape index (κ2) is 44.9. The SMILES string of the molecule is CC(C)(C)c1ccc(Cc2ccc(C(C)(C)C)cc2)cc1.CC(C)(C)c1ccc(Cc2ccc(C(C)(C)C)cc2Br)c(Br)c1.CC(C)(C)c1ccc(Cc2ccc(C(C)(C)C)cc2Br)c(Br)c1.CC(C)(C)c1ccc(Cc2ccc(C(C)(C)C)cc2P(c2ccccc2)c2ccccc2)c(P(c2ccccc2)c2ccccc2)c1.ClP(c1ccccc1)c1ccccc1.